The number of hydrogen-bond donors (Lipinski definition) is 1. The van der Waals surface area contributed by atoms with Crippen molar-refractivity contribution in [3.8, 4) is 0 Å². The zero-order valence-corrected chi connectivity index (χ0v) is 9.97. The second kappa shape index (κ2) is 4.47. The van der Waals surface area contributed by atoms with Gasteiger partial charge in [-0.15, -0.1) is 0 Å². The van der Waals surface area contributed by atoms with Crippen LogP contribution < -0.4 is 5.73 Å². The summed E-state index contributed by atoms with van der Waals surface area (Å²) in [6.07, 6.45) is 3.02. The largest absolute Gasteiger partial charge is 0.325 e. The van der Waals surface area contributed by atoms with E-state index in [0.717, 1.165) is 36.1 Å². The van der Waals surface area contributed by atoms with Crippen LogP contribution in [-0.4, -0.2) is 34.7 Å². The van der Waals surface area contributed by atoms with Crippen molar-refractivity contribution in [3.63, 3.8) is 0 Å². The summed E-state index contributed by atoms with van der Waals surface area (Å²) in [5, 5.41) is 0.838. The van der Waals surface area contributed by atoms with Crippen LogP contribution in [-0.2, 0) is 19.5 Å². The molecule has 82 valence electrons. The zero-order chi connectivity index (χ0) is 10.8. The molecule has 1 aliphatic heterocycles. The molecule has 4 nitrogen and oxygen atoms in total. The Hall–Kier alpha value is -0.650. The first-order chi connectivity index (χ1) is 7.24. The van der Waals surface area contributed by atoms with Crippen molar-refractivity contribution in [1.82, 2.24) is 14.9 Å². The highest BCUT2D eigenvalue weighted by Gasteiger charge is 2.19. The summed E-state index contributed by atoms with van der Waals surface area (Å²) in [6.45, 7) is 2.50. The highest BCUT2D eigenvalue weighted by atomic mass is 32.2. The Labute approximate surface area is 94.3 Å². The Morgan fingerprint density at radius 1 is 1.47 bits per heavy atom. The van der Waals surface area contributed by atoms with Crippen LogP contribution in [0.2, 0.25) is 0 Å². The lowest BCUT2D eigenvalue weighted by molar-refractivity contribution is 0.304. The maximum atomic E-state index is 5.72. The van der Waals surface area contributed by atoms with Crippen LogP contribution in [0.15, 0.2) is 5.16 Å². The number of likely N-dealkylation sites (N-methyl/N-ethyl adjacent to an activating group) is 1. The second-order valence-corrected chi connectivity index (χ2v) is 4.55. The van der Waals surface area contributed by atoms with Gasteiger partial charge < -0.3 is 10.6 Å². The van der Waals surface area contributed by atoms with Gasteiger partial charge in [-0.3, -0.25) is 0 Å². The van der Waals surface area contributed by atoms with Crippen molar-refractivity contribution in [2.24, 2.45) is 5.73 Å². The summed E-state index contributed by atoms with van der Waals surface area (Å²) in [6, 6.07) is 0. The minimum absolute atomic E-state index is 0.516. The topological polar surface area (TPSA) is 55.0 Å². The molecule has 1 aromatic rings. The molecule has 2 N–H and O–H groups in total. The van der Waals surface area contributed by atoms with Crippen molar-refractivity contribution in [3.05, 3.63) is 17.0 Å². The molecule has 0 atom stereocenters. The van der Waals surface area contributed by atoms with Crippen LogP contribution in [0.4, 0.5) is 0 Å². The normalized spacial score (nSPS) is 16.5. The van der Waals surface area contributed by atoms with Crippen LogP contribution in [0.3, 0.4) is 0 Å². The molecular weight excluding hydrogens is 208 g/mol. The molecular formula is C10H16N4S. The lowest BCUT2D eigenvalue weighted by Gasteiger charge is -2.25. The molecule has 0 unspecified atom stereocenters. The number of aromatic nitrogens is 2. The number of hydrogen-bond acceptors (Lipinski definition) is 5. The smallest absolute Gasteiger partial charge is 0.187 e. The Morgan fingerprint density at radius 3 is 2.93 bits per heavy atom. The summed E-state index contributed by atoms with van der Waals surface area (Å²) in [7, 11) is 2.12. The van der Waals surface area contributed by atoms with Crippen LogP contribution >= 0.6 is 11.8 Å². The average molecular weight is 224 g/mol. The molecule has 0 saturated carbocycles. The van der Waals surface area contributed by atoms with Crippen LogP contribution in [0.1, 0.15) is 17.0 Å². The fourth-order valence-electron chi connectivity index (χ4n) is 1.87. The number of thioether (sulfide) groups is 1. The van der Waals surface area contributed by atoms with E-state index >= 15 is 0 Å². The van der Waals surface area contributed by atoms with Gasteiger partial charge in [-0.05, 0) is 25.3 Å². The first-order valence-electron chi connectivity index (χ1n) is 5.06. The van der Waals surface area contributed by atoms with Crippen LogP contribution in [0.25, 0.3) is 0 Å². The van der Waals surface area contributed by atoms with Gasteiger partial charge in [0.1, 0.15) is 0 Å². The van der Waals surface area contributed by atoms with Crippen molar-refractivity contribution in [2.75, 3.05) is 19.8 Å². The predicted molar refractivity (Wildman–Crippen MR) is 61.7 cm³/mol. The molecule has 2 heterocycles. The van der Waals surface area contributed by atoms with Crippen molar-refractivity contribution < 1.29 is 0 Å². The van der Waals surface area contributed by atoms with E-state index in [1.54, 1.807) is 11.8 Å². The molecule has 2 rings (SSSR count). The molecule has 0 spiro atoms. The minimum Gasteiger partial charge on any atom is -0.325 e. The lowest BCUT2D eigenvalue weighted by Crippen LogP contribution is -2.29. The van der Waals surface area contributed by atoms with Gasteiger partial charge in [0, 0.05) is 19.6 Å². The SMILES string of the molecule is CSc1nc(CN)c2c(n1)CN(C)CC2. The first kappa shape index (κ1) is 10.9. The highest BCUT2D eigenvalue weighted by Crippen LogP contribution is 2.21. The minimum atomic E-state index is 0.516. The van der Waals surface area contributed by atoms with Gasteiger partial charge in [0.05, 0.1) is 11.4 Å². The van der Waals surface area contributed by atoms with Gasteiger partial charge >= 0.3 is 0 Å². The third-order valence-electron chi connectivity index (χ3n) is 2.70. The molecule has 0 saturated heterocycles. The summed E-state index contributed by atoms with van der Waals surface area (Å²) >= 11 is 1.58. The summed E-state index contributed by atoms with van der Waals surface area (Å²) < 4.78 is 0. The molecule has 0 fully saturated rings. The summed E-state index contributed by atoms with van der Waals surface area (Å²) in [5.41, 5.74) is 9.17. The molecule has 0 radical (unpaired) electrons. The standard InChI is InChI=1S/C10H16N4S/c1-14-4-3-7-8(5-11)12-10(15-2)13-9(7)6-14/h3-6,11H2,1-2H3. The van der Waals surface area contributed by atoms with E-state index in [4.69, 9.17) is 5.73 Å². The molecule has 0 aliphatic carbocycles. The van der Waals surface area contributed by atoms with E-state index in [1.807, 2.05) is 6.26 Å². The number of nitrogens with zero attached hydrogens (tertiary/aromatic N) is 3. The molecule has 0 bridgehead atoms. The molecule has 0 amide bonds. The second-order valence-electron chi connectivity index (χ2n) is 3.77. The maximum absolute atomic E-state index is 5.72. The molecule has 0 aromatic carbocycles. The fourth-order valence-corrected chi connectivity index (χ4v) is 2.28. The van der Waals surface area contributed by atoms with E-state index in [0.29, 0.717) is 6.54 Å². The Morgan fingerprint density at radius 2 is 2.27 bits per heavy atom. The van der Waals surface area contributed by atoms with E-state index in [-0.39, 0.29) is 0 Å². The third kappa shape index (κ3) is 2.14. The maximum Gasteiger partial charge on any atom is 0.187 e. The van der Waals surface area contributed by atoms with E-state index < -0.39 is 0 Å². The first-order valence-corrected chi connectivity index (χ1v) is 6.28. The summed E-state index contributed by atoms with van der Waals surface area (Å²) in [5.74, 6) is 0. The lowest BCUT2D eigenvalue weighted by atomic mass is 10.0. The third-order valence-corrected chi connectivity index (χ3v) is 3.24. The van der Waals surface area contributed by atoms with Gasteiger partial charge in [0.2, 0.25) is 0 Å². The Bertz CT molecular complexity index is 367. The van der Waals surface area contributed by atoms with Gasteiger partial charge in [-0.2, -0.15) is 0 Å². The van der Waals surface area contributed by atoms with Gasteiger partial charge in [0.15, 0.2) is 5.16 Å². The van der Waals surface area contributed by atoms with Gasteiger partial charge in [-0.25, -0.2) is 9.97 Å². The number of rotatable bonds is 2. The average Bonchev–Trinajstić information content (AvgIpc) is 2.26. The van der Waals surface area contributed by atoms with E-state index in [9.17, 15) is 0 Å². The molecule has 15 heavy (non-hydrogen) atoms. The fraction of sp³-hybridized carbons (Fsp3) is 0.600. The van der Waals surface area contributed by atoms with Gasteiger partial charge in [-0.1, -0.05) is 11.8 Å². The monoisotopic (exact) mass is 224 g/mol. The van der Waals surface area contributed by atoms with E-state index in [2.05, 4.69) is 21.9 Å². The van der Waals surface area contributed by atoms with Crippen molar-refractivity contribution in [1.29, 1.82) is 0 Å². The number of nitrogens with two attached hydrogens (primary N) is 1. The predicted octanol–water partition coefficient (Wildman–Crippen LogP) is 0.645. The highest BCUT2D eigenvalue weighted by molar-refractivity contribution is 7.98. The number of fused-ring (bicyclic) bond motifs is 1. The van der Waals surface area contributed by atoms with Crippen LogP contribution in [0.5, 0.6) is 0 Å². The quantitative estimate of drug-likeness (QED) is 0.590. The Balaban J connectivity index is 2.44. The molecule has 1 aliphatic rings. The van der Waals surface area contributed by atoms with Crippen molar-refractivity contribution >= 4 is 11.8 Å². The molecule has 5 heteroatoms. The van der Waals surface area contributed by atoms with Crippen LogP contribution in [0, 0.1) is 0 Å². The Kier molecular flexibility index (Phi) is 3.23. The van der Waals surface area contributed by atoms with Crippen molar-refractivity contribution in [2.45, 2.75) is 24.7 Å². The summed E-state index contributed by atoms with van der Waals surface area (Å²) in [4.78, 5) is 11.3. The van der Waals surface area contributed by atoms with E-state index in [1.165, 1.54) is 5.56 Å². The van der Waals surface area contributed by atoms with Gasteiger partial charge in [0.25, 0.3) is 0 Å². The zero-order valence-electron chi connectivity index (χ0n) is 9.16. The molecule has 1 aromatic heterocycles.